The van der Waals surface area contributed by atoms with Crippen molar-refractivity contribution in [2.75, 3.05) is 25.1 Å². The quantitative estimate of drug-likeness (QED) is 0.572. The number of hydrogen-bond acceptors (Lipinski definition) is 6. The maximum Gasteiger partial charge on any atom is 0.255 e. The third kappa shape index (κ3) is 5.31. The lowest BCUT2D eigenvalue weighted by Crippen LogP contribution is -2.24. The number of ether oxygens (including phenoxy) is 1. The molecule has 190 valence electrons. The minimum absolute atomic E-state index is 0.0391. The van der Waals surface area contributed by atoms with Crippen LogP contribution in [0.15, 0.2) is 71.5 Å². The number of nitrogens with one attached hydrogen (secondary N) is 1. The Morgan fingerprint density at radius 1 is 1.19 bits per heavy atom. The van der Waals surface area contributed by atoms with Crippen LogP contribution in [-0.4, -0.2) is 58.0 Å². The normalized spacial score (nSPS) is 20.3. The first-order valence-electron chi connectivity index (χ1n) is 12.3. The van der Waals surface area contributed by atoms with Gasteiger partial charge in [-0.3, -0.25) is 19.3 Å². The number of nitrogens with zero attached hydrogens (tertiary/aromatic N) is 4. The summed E-state index contributed by atoms with van der Waals surface area (Å²) >= 11 is 0. The van der Waals surface area contributed by atoms with E-state index in [1.54, 1.807) is 34.1 Å². The summed E-state index contributed by atoms with van der Waals surface area (Å²) in [6.07, 6.45) is 6.80. The van der Waals surface area contributed by atoms with Gasteiger partial charge >= 0.3 is 0 Å². The Kier molecular flexibility index (Phi) is 6.87. The second kappa shape index (κ2) is 10.4. The Labute approximate surface area is 215 Å². The standard InChI is InChI=1S/C28H30N6O3/c1-18(35)34-11-8-24(25(9-12-34)31-23-10-13-37-17-23)27(29)19-4-3-5-20(14-19)28(36)32-22-6-7-26-21(15-22)16-30-33(26)2/h3-8,11,14-16,23H,9-10,12-13,17,29H2,1-2H3,(H,32,36). The van der Waals surface area contributed by atoms with E-state index in [9.17, 15) is 9.59 Å². The van der Waals surface area contributed by atoms with E-state index in [0.29, 0.717) is 48.7 Å². The molecule has 1 atom stereocenters. The molecule has 0 aliphatic carbocycles. The summed E-state index contributed by atoms with van der Waals surface area (Å²) in [5.74, 6) is -0.276. The average molecular weight is 499 g/mol. The average Bonchev–Trinajstić information content (AvgIpc) is 3.48. The molecule has 2 aromatic carbocycles. The Hall–Kier alpha value is -4.24. The lowest BCUT2D eigenvalue weighted by Gasteiger charge is -2.15. The van der Waals surface area contributed by atoms with Gasteiger partial charge in [0.05, 0.1) is 24.4 Å². The molecule has 0 radical (unpaired) electrons. The number of fused-ring (bicyclic) bond motifs is 1. The number of hydrogen-bond donors (Lipinski definition) is 2. The van der Waals surface area contributed by atoms with Crippen LogP contribution in [0.1, 0.15) is 35.7 Å². The molecular weight excluding hydrogens is 468 g/mol. The SMILES string of the molecule is CC(=O)N1C=CC(=C(N)c2cccc(C(=O)Nc3ccc4c(cnn4C)c3)c2)C(=NC2CCOC2)CC1. The minimum Gasteiger partial charge on any atom is -0.398 e. The topological polar surface area (TPSA) is 115 Å². The van der Waals surface area contributed by atoms with Gasteiger partial charge in [0.25, 0.3) is 5.91 Å². The molecule has 2 aliphatic rings. The number of anilines is 1. The highest BCUT2D eigenvalue weighted by atomic mass is 16.5. The molecule has 1 saturated heterocycles. The van der Waals surface area contributed by atoms with E-state index in [1.165, 1.54) is 6.92 Å². The smallest absolute Gasteiger partial charge is 0.255 e. The van der Waals surface area contributed by atoms with Crippen LogP contribution in [0, 0.1) is 0 Å². The van der Waals surface area contributed by atoms with Crippen LogP contribution in [0.2, 0.25) is 0 Å². The maximum absolute atomic E-state index is 13.1. The molecule has 0 saturated carbocycles. The molecule has 9 heteroatoms. The highest BCUT2D eigenvalue weighted by Crippen LogP contribution is 2.24. The number of benzene rings is 2. The van der Waals surface area contributed by atoms with E-state index in [4.69, 9.17) is 15.5 Å². The molecule has 3 heterocycles. The van der Waals surface area contributed by atoms with Crippen molar-refractivity contribution < 1.29 is 14.3 Å². The fraction of sp³-hybridized carbons (Fsp3) is 0.286. The largest absolute Gasteiger partial charge is 0.398 e. The summed E-state index contributed by atoms with van der Waals surface area (Å²) in [5.41, 5.74) is 11.7. The number of rotatable bonds is 4. The van der Waals surface area contributed by atoms with Gasteiger partial charge in [0, 0.05) is 73.4 Å². The number of aliphatic imine (C=N–C) groups is 1. The number of amides is 2. The molecule has 37 heavy (non-hydrogen) atoms. The second-order valence-electron chi connectivity index (χ2n) is 9.28. The van der Waals surface area contributed by atoms with Gasteiger partial charge in [0.1, 0.15) is 0 Å². The van der Waals surface area contributed by atoms with Crippen LogP contribution >= 0.6 is 0 Å². The molecule has 1 aromatic heterocycles. The maximum atomic E-state index is 13.1. The van der Waals surface area contributed by atoms with Crippen LogP contribution in [0.3, 0.4) is 0 Å². The van der Waals surface area contributed by atoms with Crippen molar-refractivity contribution in [3.8, 4) is 0 Å². The van der Waals surface area contributed by atoms with Gasteiger partial charge in [0.15, 0.2) is 0 Å². The molecule has 2 amide bonds. The summed E-state index contributed by atoms with van der Waals surface area (Å²) < 4.78 is 7.29. The molecule has 9 nitrogen and oxygen atoms in total. The Bertz CT molecular complexity index is 1450. The predicted molar refractivity (Wildman–Crippen MR) is 144 cm³/mol. The van der Waals surface area contributed by atoms with Gasteiger partial charge in [-0.05, 0) is 48.4 Å². The summed E-state index contributed by atoms with van der Waals surface area (Å²) in [4.78, 5) is 31.7. The first-order chi connectivity index (χ1) is 17.9. The van der Waals surface area contributed by atoms with Crippen molar-refractivity contribution >= 4 is 39.8 Å². The molecule has 0 spiro atoms. The van der Waals surface area contributed by atoms with E-state index in [2.05, 4.69) is 10.4 Å². The van der Waals surface area contributed by atoms with Crippen molar-refractivity contribution in [3.05, 3.63) is 77.6 Å². The van der Waals surface area contributed by atoms with Crippen molar-refractivity contribution in [1.29, 1.82) is 0 Å². The third-order valence-corrected chi connectivity index (χ3v) is 6.70. The molecule has 3 aromatic rings. The fourth-order valence-corrected chi connectivity index (χ4v) is 4.61. The lowest BCUT2D eigenvalue weighted by molar-refractivity contribution is -0.126. The summed E-state index contributed by atoms with van der Waals surface area (Å²) in [6, 6.07) is 13.0. The second-order valence-corrected chi connectivity index (χ2v) is 9.28. The molecule has 2 aliphatic heterocycles. The monoisotopic (exact) mass is 498 g/mol. The van der Waals surface area contributed by atoms with Gasteiger partial charge in [-0.15, -0.1) is 0 Å². The van der Waals surface area contributed by atoms with Crippen molar-refractivity contribution in [2.45, 2.75) is 25.8 Å². The van der Waals surface area contributed by atoms with E-state index < -0.39 is 0 Å². The Morgan fingerprint density at radius 2 is 2.03 bits per heavy atom. The van der Waals surface area contributed by atoms with Gasteiger partial charge in [0.2, 0.25) is 5.91 Å². The molecule has 1 fully saturated rings. The fourth-order valence-electron chi connectivity index (χ4n) is 4.61. The third-order valence-electron chi connectivity index (χ3n) is 6.70. The highest BCUT2D eigenvalue weighted by Gasteiger charge is 2.21. The molecule has 5 rings (SSSR count). The van der Waals surface area contributed by atoms with Crippen LogP contribution < -0.4 is 11.1 Å². The number of carbonyl (C=O) groups excluding carboxylic acids is 2. The molecule has 1 unspecified atom stereocenters. The summed E-state index contributed by atoms with van der Waals surface area (Å²) in [6.45, 7) is 3.34. The Balaban J connectivity index is 1.45. The highest BCUT2D eigenvalue weighted by molar-refractivity contribution is 6.10. The van der Waals surface area contributed by atoms with E-state index in [-0.39, 0.29) is 17.9 Å². The van der Waals surface area contributed by atoms with Crippen molar-refractivity contribution in [1.82, 2.24) is 14.7 Å². The van der Waals surface area contributed by atoms with Crippen molar-refractivity contribution in [2.24, 2.45) is 17.8 Å². The van der Waals surface area contributed by atoms with Crippen molar-refractivity contribution in [3.63, 3.8) is 0 Å². The minimum atomic E-state index is -0.237. The lowest BCUT2D eigenvalue weighted by atomic mass is 9.99. The molecular formula is C28H30N6O3. The number of allylic oxidation sites excluding steroid dienone is 2. The number of carbonyl (C=O) groups is 2. The summed E-state index contributed by atoms with van der Waals surface area (Å²) in [7, 11) is 1.88. The first-order valence-corrected chi connectivity index (χ1v) is 12.3. The van der Waals surface area contributed by atoms with Crippen LogP contribution in [0.5, 0.6) is 0 Å². The van der Waals surface area contributed by atoms with Gasteiger partial charge in [-0.2, -0.15) is 5.10 Å². The number of nitrogens with two attached hydrogens (primary N) is 1. The van der Waals surface area contributed by atoms with Crippen LogP contribution in [0.4, 0.5) is 5.69 Å². The van der Waals surface area contributed by atoms with Gasteiger partial charge in [-0.1, -0.05) is 12.1 Å². The molecule has 0 bridgehead atoms. The van der Waals surface area contributed by atoms with Gasteiger partial charge in [-0.25, -0.2) is 0 Å². The van der Waals surface area contributed by atoms with Gasteiger partial charge < -0.3 is 20.7 Å². The van der Waals surface area contributed by atoms with E-state index in [1.807, 2.05) is 43.5 Å². The number of aromatic nitrogens is 2. The van der Waals surface area contributed by atoms with Crippen LogP contribution in [0.25, 0.3) is 16.6 Å². The predicted octanol–water partition coefficient (Wildman–Crippen LogP) is 3.49. The van der Waals surface area contributed by atoms with E-state index >= 15 is 0 Å². The summed E-state index contributed by atoms with van der Waals surface area (Å²) in [5, 5.41) is 8.16. The zero-order valence-corrected chi connectivity index (χ0v) is 21.0. The van der Waals surface area contributed by atoms with E-state index in [0.717, 1.165) is 28.6 Å². The zero-order chi connectivity index (χ0) is 25.9. The zero-order valence-electron chi connectivity index (χ0n) is 21.0. The first kappa shape index (κ1) is 24.5. The number of aryl methyl sites for hydroxylation is 1. The van der Waals surface area contributed by atoms with Crippen LogP contribution in [-0.2, 0) is 16.6 Å². The Morgan fingerprint density at radius 3 is 2.81 bits per heavy atom. The molecule has 3 N–H and O–H groups in total.